The maximum Gasteiger partial charge on any atom is -1.00 e. The zero-order chi connectivity index (χ0) is 19.3. The van der Waals surface area contributed by atoms with E-state index in [9.17, 15) is 0 Å². The third-order valence-electron chi connectivity index (χ3n) is 6.01. The van der Waals surface area contributed by atoms with E-state index in [4.69, 9.17) is 0 Å². The normalized spacial score (nSPS) is 17.3. The van der Waals surface area contributed by atoms with Crippen molar-refractivity contribution >= 4 is 6.48 Å². The molecular weight excluding hydrogens is 439 g/mol. The second-order valence-electron chi connectivity index (χ2n) is 9.30. The van der Waals surface area contributed by atoms with Crippen LogP contribution in [0, 0.1) is 11.3 Å². The molecule has 0 radical (unpaired) electrons. The Balaban J connectivity index is 0.00000225. The molecular formula is C26H30ClZr. The molecule has 2 aromatic rings. The zero-order valence-corrected chi connectivity index (χ0v) is 21.1. The number of fused-ring (bicyclic) bond motifs is 3. The molecule has 2 aliphatic carbocycles. The monoisotopic (exact) mass is 467 g/mol. The van der Waals surface area contributed by atoms with Crippen molar-refractivity contribution in [3.05, 3.63) is 74.6 Å². The van der Waals surface area contributed by atoms with Crippen LogP contribution in [0.15, 0.2) is 63.5 Å². The second-order valence-corrected chi connectivity index (χ2v) is 16.3. The van der Waals surface area contributed by atoms with Crippen LogP contribution in [0.1, 0.15) is 52.7 Å². The molecule has 0 nitrogen and oxygen atoms in total. The molecule has 0 heterocycles. The van der Waals surface area contributed by atoms with Gasteiger partial charge in [0.15, 0.2) is 0 Å². The molecule has 1 unspecified atom stereocenters. The van der Waals surface area contributed by atoms with Gasteiger partial charge in [0, 0.05) is 0 Å². The fourth-order valence-electron chi connectivity index (χ4n) is 4.58. The Morgan fingerprint density at radius 2 is 1.64 bits per heavy atom. The van der Waals surface area contributed by atoms with Gasteiger partial charge in [-0.2, -0.15) is 0 Å². The zero-order valence-electron chi connectivity index (χ0n) is 17.9. The van der Waals surface area contributed by atoms with E-state index >= 15 is 0 Å². The molecule has 0 aromatic heterocycles. The van der Waals surface area contributed by atoms with Crippen molar-refractivity contribution < 1.29 is 33.7 Å². The number of benzene rings is 2. The Morgan fingerprint density at radius 1 is 0.964 bits per heavy atom. The van der Waals surface area contributed by atoms with E-state index in [0.29, 0.717) is 5.92 Å². The summed E-state index contributed by atoms with van der Waals surface area (Å²) in [5.41, 5.74) is 7.82. The molecule has 28 heavy (non-hydrogen) atoms. The minimum Gasteiger partial charge on any atom is -1.00 e. The van der Waals surface area contributed by atoms with Crippen LogP contribution in [0.25, 0.3) is 11.1 Å². The summed E-state index contributed by atoms with van der Waals surface area (Å²) >= 11 is -2.06. The van der Waals surface area contributed by atoms with Crippen LogP contribution in [-0.2, 0) is 27.7 Å². The summed E-state index contributed by atoms with van der Waals surface area (Å²) in [6.45, 7) is 14.2. The number of hydrogen-bond donors (Lipinski definition) is 0. The van der Waals surface area contributed by atoms with Crippen molar-refractivity contribution in [3.8, 4) is 11.1 Å². The van der Waals surface area contributed by atoms with Crippen LogP contribution in [0.2, 0.25) is 0 Å². The largest absolute Gasteiger partial charge is 1.00 e. The molecule has 0 N–H and O–H groups in total. The van der Waals surface area contributed by atoms with Gasteiger partial charge in [-0.15, -0.1) is 0 Å². The molecule has 0 spiro atoms. The maximum atomic E-state index is 2.58. The van der Waals surface area contributed by atoms with Gasteiger partial charge in [-0.3, -0.25) is 0 Å². The molecule has 0 saturated heterocycles. The predicted molar refractivity (Wildman–Crippen MR) is 115 cm³/mol. The Hall–Kier alpha value is -1.04. The first-order valence-electron chi connectivity index (χ1n) is 10.1. The Kier molecular flexibility index (Phi) is 6.19. The molecule has 0 aliphatic heterocycles. The van der Waals surface area contributed by atoms with Crippen molar-refractivity contribution in [2.24, 2.45) is 11.3 Å². The van der Waals surface area contributed by atoms with Crippen molar-refractivity contribution in [2.45, 2.75) is 48.0 Å². The molecule has 2 aromatic carbocycles. The van der Waals surface area contributed by atoms with Crippen LogP contribution in [0.4, 0.5) is 0 Å². The molecule has 1 atom stereocenters. The molecule has 4 rings (SSSR count). The van der Waals surface area contributed by atoms with Gasteiger partial charge in [0.25, 0.3) is 0 Å². The third-order valence-corrected chi connectivity index (χ3v) is 13.8. The van der Waals surface area contributed by atoms with Gasteiger partial charge in [0.1, 0.15) is 0 Å². The predicted octanol–water partition coefficient (Wildman–Crippen LogP) is 3.22. The van der Waals surface area contributed by atoms with Crippen LogP contribution in [0.3, 0.4) is 0 Å². The van der Waals surface area contributed by atoms with Crippen LogP contribution < -0.4 is 15.7 Å². The van der Waals surface area contributed by atoms with Crippen LogP contribution in [0.5, 0.6) is 0 Å². The number of rotatable bonds is 2. The van der Waals surface area contributed by atoms with E-state index in [1.165, 1.54) is 22.3 Å². The van der Waals surface area contributed by atoms with Gasteiger partial charge in [-0.1, -0.05) is 0 Å². The fourth-order valence-corrected chi connectivity index (χ4v) is 12.1. The van der Waals surface area contributed by atoms with Crippen LogP contribution >= 0.6 is 0 Å². The SMILES string of the molecule is C[C](C)=[Zr+]([C]1=CC(C(C)(C)C)=CC1C)[c]1cccc2c1Cc1ccccc1-2.[Cl-]. The summed E-state index contributed by atoms with van der Waals surface area (Å²) in [7, 11) is 0. The summed E-state index contributed by atoms with van der Waals surface area (Å²) in [6, 6.07) is 16.1. The van der Waals surface area contributed by atoms with Crippen molar-refractivity contribution in [1.29, 1.82) is 0 Å². The Bertz CT molecular complexity index is 1010. The number of halogens is 1. The van der Waals surface area contributed by atoms with E-state index in [-0.39, 0.29) is 17.8 Å². The van der Waals surface area contributed by atoms with E-state index < -0.39 is 21.3 Å². The minimum absolute atomic E-state index is 0. The van der Waals surface area contributed by atoms with Gasteiger partial charge < -0.3 is 12.4 Å². The molecule has 2 aliphatic rings. The molecule has 0 saturated carbocycles. The van der Waals surface area contributed by atoms with Gasteiger partial charge >= 0.3 is 173 Å². The first-order valence-corrected chi connectivity index (χ1v) is 13.8. The summed E-state index contributed by atoms with van der Waals surface area (Å²) in [5, 5.41) is 0. The third kappa shape index (κ3) is 3.73. The van der Waals surface area contributed by atoms with Gasteiger partial charge in [-0.05, 0) is 0 Å². The number of hydrogen-bond acceptors (Lipinski definition) is 0. The first-order chi connectivity index (χ1) is 12.8. The molecule has 2 heteroatoms. The van der Waals surface area contributed by atoms with Crippen molar-refractivity contribution in [3.63, 3.8) is 0 Å². The maximum absolute atomic E-state index is 2.58. The summed E-state index contributed by atoms with van der Waals surface area (Å²) in [5.74, 6) is 0.586. The Labute approximate surface area is 184 Å². The van der Waals surface area contributed by atoms with Crippen molar-refractivity contribution in [1.82, 2.24) is 0 Å². The van der Waals surface area contributed by atoms with Gasteiger partial charge in [-0.25, -0.2) is 0 Å². The Morgan fingerprint density at radius 3 is 2.29 bits per heavy atom. The number of allylic oxidation sites excluding steroid dienone is 4. The summed E-state index contributed by atoms with van der Waals surface area (Å²) in [6.07, 6.45) is 6.21. The van der Waals surface area contributed by atoms with E-state index in [2.05, 4.69) is 96.2 Å². The molecule has 0 bridgehead atoms. The van der Waals surface area contributed by atoms with Crippen molar-refractivity contribution in [2.75, 3.05) is 0 Å². The average molecular weight is 469 g/mol. The van der Waals surface area contributed by atoms with Crippen LogP contribution in [-0.4, -0.2) is 3.21 Å². The van der Waals surface area contributed by atoms with E-state index in [1.807, 2.05) is 0 Å². The minimum atomic E-state index is -2.06. The first kappa shape index (κ1) is 21.7. The molecule has 0 fully saturated rings. The smallest absolute Gasteiger partial charge is 1.00 e. The topological polar surface area (TPSA) is 0 Å². The van der Waals surface area contributed by atoms with Gasteiger partial charge in [0.05, 0.1) is 0 Å². The summed E-state index contributed by atoms with van der Waals surface area (Å²) in [4.78, 5) is 0. The quantitative estimate of drug-likeness (QED) is 0.541. The average Bonchev–Trinajstić information content (AvgIpc) is 3.16. The van der Waals surface area contributed by atoms with E-state index in [0.717, 1.165) is 6.42 Å². The molecule has 0 amide bonds. The second kappa shape index (κ2) is 8.00. The fraction of sp³-hybridized carbons (Fsp3) is 0.346. The standard InChI is InChI=1S/C13H9.C10H15.C3H6.ClH.Zr/c1-3-7-12-10(5-1)9-11-6-2-4-8-13(11)12;1-8-5-6-9(7-8)10(2,3)4;1-3-2;;/h1-5,7-8H,9H2;6-8H,1-4H3;1-2H3;1H;/q;;;;+1/p-1. The molecule has 145 valence electrons. The van der Waals surface area contributed by atoms with E-state index in [1.54, 1.807) is 15.3 Å². The summed E-state index contributed by atoms with van der Waals surface area (Å²) < 4.78 is 5.14. The van der Waals surface area contributed by atoms with Gasteiger partial charge in [0.2, 0.25) is 0 Å².